The number of benzene rings is 1. The summed E-state index contributed by atoms with van der Waals surface area (Å²) in [6, 6.07) is 2.11. The van der Waals surface area contributed by atoms with Gasteiger partial charge in [-0.25, -0.2) is 0 Å². The van der Waals surface area contributed by atoms with Crippen molar-refractivity contribution in [3.05, 3.63) is 39.4 Å². The molecule has 0 fully saturated rings. The Morgan fingerprint density at radius 2 is 2.06 bits per heavy atom. The zero-order valence-corrected chi connectivity index (χ0v) is 8.99. The largest absolute Gasteiger partial charge is 0.416 e. The van der Waals surface area contributed by atoms with Crippen molar-refractivity contribution in [2.75, 3.05) is 0 Å². The first kappa shape index (κ1) is 13.4. The lowest BCUT2D eigenvalue weighted by Crippen LogP contribution is -2.18. The predicted octanol–water partition coefficient (Wildman–Crippen LogP) is 2.50. The molecule has 1 aromatic carbocycles. The summed E-state index contributed by atoms with van der Waals surface area (Å²) < 4.78 is 37.1. The summed E-state index contributed by atoms with van der Waals surface area (Å²) >= 11 is 0. The normalized spacial score (nSPS) is 13.5. The van der Waals surface area contributed by atoms with Gasteiger partial charge in [-0.1, -0.05) is 6.07 Å². The minimum atomic E-state index is -4.59. The molecule has 0 aromatic heterocycles. The first-order valence-corrected chi connectivity index (χ1v) is 4.82. The number of nitro groups is 1. The lowest BCUT2D eigenvalue weighted by atomic mass is 10.0. The van der Waals surface area contributed by atoms with Gasteiger partial charge in [-0.05, 0) is 19.4 Å². The van der Waals surface area contributed by atoms with Crippen molar-refractivity contribution in [1.82, 2.24) is 0 Å². The van der Waals surface area contributed by atoms with Gasteiger partial charge in [0.1, 0.15) is 0 Å². The highest BCUT2D eigenvalue weighted by Crippen LogP contribution is 2.33. The molecule has 4 nitrogen and oxygen atoms in total. The van der Waals surface area contributed by atoms with Crippen molar-refractivity contribution in [1.29, 1.82) is 0 Å². The van der Waals surface area contributed by atoms with Crippen LogP contribution in [0.4, 0.5) is 18.9 Å². The van der Waals surface area contributed by atoms with Crippen LogP contribution in [0.25, 0.3) is 0 Å². The minimum absolute atomic E-state index is 0.161. The van der Waals surface area contributed by atoms with Crippen LogP contribution in [0.3, 0.4) is 0 Å². The first-order valence-electron chi connectivity index (χ1n) is 4.82. The Kier molecular flexibility index (Phi) is 3.72. The Bertz CT molecular complexity index is 430. The predicted molar refractivity (Wildman–Crippen MR) is 55.5 cm³/mol. The third kappa shape index (κ3) is 3.42. The fourth-order valence-electron chi connectivity index (χ4n) is 1.43. The van der Waals surface area contributed by atoms with Gasteiger partial charge in [-0.15, -0.1) is 0 Å². The van der Waals surface area contributed by atoms with Crippen molar-refractivity contribution in [3.63, 3.8) is 0 Å². The molecule has 94 valence electrons. The Labute approximate surface area is 95.4 Å². The fraction of sp³-hybridized carbons (Fsp3) is 0.400. The van der Waals surface area contributed by atoms with Crippen molar-refractivity contribution in [3.8, 4) is 0 Å². The maximum atomic E-state index is 12.4. The number of alkyl halides is 3. The number of nitrogens with zero attached hydrogens (tertiary/aromatic N) is 1. The van der Waals surface area contributed by atoms with Gasteiger partial charge >= 0.3 is 6.18 Å². The molecule has 0 heterocycles. The fourth-order valence-corrected chi connectivity index (χ4v) is 1.43. The zero-order valence-electron chi connectivity index (χ0n) is 8.99. The summed E-state index contributed by atoms with van der Waals surface area (Å²) in [6.45, 7) is 1.63. The number of nitro benzene ring substituents is 1. The first-order chi connectivity index (χ1) is 7.71. The Hall–Kier alpha value is -1.63. The van der Waals surface area contributed by atoms with Crippen LogP contribution in [-0.2, 0) is 12.6 Å². The van der Waals surface area contributed by atoms with Crippen molar-refractivity contribution >= 4 is 5.69 Å². The van der Waals surface area contributed by atoms with E-state index in [1.165, 1.54) is 0 Å². The van der Waals surface area contributed by atoms with Gasteiger partial charge in [0.05, 0.1) is 10.5 Å². The summed E-state index contributed by atoms with van der Waals surface area (Å²) in [5, 5.41) is 10.7. The Morgan fingerprint density at radius 3 is 2.47 bits per heavy atom. The van der Waals surface area contributed by atoms with E-state index in [9.17, 15) is 23.3 Å². The SMILES string of the molecule is C[C@H](N)Cc1ccc(C(F)(F)F)cc1[N+](=O)[O-]. The lowest BCUT2D eigenvalue weighted by molar-refractivity contribution is -0.385. The van der Waals surface area contributed by atoms with Gasteiger partial charge in [0.2, 0.25) is 0 Å². The van der Waals surface area contributed by atoms with Gasteiger partial charge in [-0.3, -0.25) is 10.1 Å². The number of hydrogen-bond donors (Lipinski definition) is 1. The van der Waals surface area contributed by atoms with E-state index in [4.69, 9.17) is 5.73 Å². The second kappa shape index (κ2) is 4.70. The summed E-state index contributed by atoms with van der Waals surface area (Å²) in [4.78, 5) is 9.85. The van der Waals surface area contributed by atoms with Crippen LogP contribution in [0.5, 0.6) is 0 Å². The highest BCUT2D eigenvalue weighted by Gasteiger charge is 2.32. The van der Waals surface area contributed by atoms with Gasteiger partial charge in [0, 0.05) is 17.7 Å². The van der Waals surface area contributed by atoms with E-state index in [1.54, 1.807) is 6.92 Å². The van der Waals surface area contributed by atoms with Gasteiger partial charge < -0.3 is 5.73 Å². The highest BCUT2D eigenvalue weighted by molar-refractivity contribution is 5.44. The third-order valence-electron chi connectivity index (χ3n) is 2.15. The van der Waals surface area contributed by atoms with E-state index in [0.717, 1.165) is 12.1 Å². The molecular weight excluding hydrogens is 237 g/mol. The van der Waals surface area contributed by atoms with Gasteiger partial charge in [-0.2, -0.15) is 13.2 Å². The van der Waals surface area contributed by atoms with E-state index >= 15 is 0 Å². The molecule has 0 radical (unpaired) electrons. The van der Waals surface area contributed by atoms with E-state index in [-0.39, 0.29) is 18.0 Å². The summed E-state index contributed by atoms with van der Waals surface area (Å²) in [5.41, 5.74) is 4.10. The molecule has 2 N–H and O–H groups in total. The summed E-state index contributed by atoms with van der Waals surface area (Å²) in [5.74, 6) is 0. The number of nitrogens with two attached hydrogens (primary N) is 1. The molecule has 0 aliphatic rings. The molecule has 0 saturated heterocycles. The molecule has 0 bridgehead atoms. The maximum Gasteiger partial charge on any atom is 0.416 e. The molecule has 1 aromatic rings. The second-order valence-corrected chi connectivity index (χ2v) is 3.78. The van der Waals surface area contributed by atoms with Crippen LogP contribution in [-0.4, -0.2) is 11.0 Å². The smallest absolute Gasteiger partial charge is 0.328 e. The molecule has 0 aliphatic heterocycles. The van der Waals surface area contributed by atoms with Crippen molar-refractivity contribution < 1.29 is 18.1 Å². The molecule has 1 atom stereocenters. The maximum absolute atomic E-state index is 12.4. The average Bonchev–Trinajstić information content (AvgIpc) is 2.15. The highest BCUT2D eigenvalue weighted by atomic mass is 19.4. The van der Waals surface area contributed by atoms with Crippen molar-refractivity contribution in [2.45, 2.75) is 25.6 Å². The minimum Gasteiger partial charge on any atom is -0.328 e. The number of hydrogen-bond acceptors (Lipinski definition) is 3. The Balaban J connectivity index is 3.22. The molecule has 0 spiro atoms. The van der Waals surface area contributed by atoms with Crippen molar-refractivity contribution in [2.24, 2.45) is 5.73 Å². The second-order valence-electron chi connectivity index (χ2n) is 3.78. The third-order valence-corrected chi connectivity index (χ3v) is 2.15. The molecule has 17 heavy (non-hydrogen) atoms. The molecule has 0 saturated carbocycles. The Morgan fingerprint density at radius 1 is 1.47 bits per heavy atom. The molecule has 7 heteroatoms. The van der Waals surface area contributed by atoms with Crippen LogP contribution in [0.1, 0.15) is 18.1 Å². The van der Waals surface area contributed by atoms with E-state index in [2.05, 4.69) is 0 Å². The lowest BCUT2D eigenvalue weighted by Gasteiger charge is -2.10. The number of halogens is 3. The molecule has 0 aliphatic carbocycles. The summed E-state index contributed by atoms with van der Waals surface area (Å²) in [6.07, 6.45) is -4.42. The van der Waals surface area contributed by atoms with E-state index < -0.39 is 22.4 Å². The molecular formula is C10H11F3N2O2. The quantitative estimate of drug-likeness (QED) is 0.660. The van der Waals surface area contributed by atoms with Gasteiger partial charge in [0.15, 0.2) is 0 Å². The zero-order chi connectivity index (χ0) is 13.2. The van der Waals surface area contributed by atoms with Gasteiger partial charge in [0.25, 0.3) is 5.69 Å². The van der Waals surface area contributed by atoms with Crippen LogP contribution in [0.2, 0.25) is 0 Å². The topological polar surface area (TPSA) is 69.2 Å². The molecule has 0 unspecified atom stereocenters. The average molecular weight is 248 g/mol. The van der Waals surface area contributed by atoms with Crippen LogP contribution >= 0.6 is 0 Å². The number of rotatable bonds is 3. The van der Waals surface area contributed by atoms with Crippen LogP contribution in [0.15, 0.2) is 18.2 Å². The van der Waals surface area contributed by atoms with E-state index in [0.29, 0.717) is 6.07 Å². The monoisotopic (exact) mass is 248 g/mol. The molecule has 1 rings (SSSR count). The standard InChI is InChI=1S/C10H11F3N2O2/c1-6(14)4-7-2-3-8(10(11,12)13)5-9(7)15(16)17/h2-3,5-6H,4,14H2,1H3/t6-/m0/s1. The summed E-state index contributed by atoms with van der Waals surface area (Å²) in [7, 11) is 0. The van der Waals surface area contributed by atoms with Crippen LogP contribution < -0.4 is 5.73 Å². The van der Waals surface area contributed by atoms with E-state index in [1.807, 2.05) is 0 Å². The van der Waals surface area contributed by atoms with Crippen LogP contribution in [0, 0.1) is 10.1 Å². The molecule has 0 amide bonds.